The van der Waals surface area contributed by atoms with Crippen molar-refractivity contribution in [1.29, 1.82) is 0 Å². The van der Waals surface area contributed by atoms with E-state index in [1.807, 2.05) is 19.9 Å². The zero-order valence-electron chi connectivity index (χ0n) is 26.4. The van der Waals surface area contributed by atoms with Gasteiger partial charge in [0, 0.05) is 73.1 Å². The number of likely N-dealkylation sites (tertiary alicyclic amines) is 1. The Bertz CT molecular complexity index is 1300. The van der Waals surface area contributed by atoms with E-state index in [1.165, 1.54) is 18.4 Å². The Hall–Kier alpha value is -2.88. The van der Waals surface area contributed by atoms with Gasteiger partial charge in [-0.1, -0.05) is 30.4 Å². The van der Waals surface area contributed by atoms with E-state index in [9.17, 15) is 9.59 Å². The molecule has 2 aliphatic carbocycles. The van der Waals surface area contributed by atoms with Crippen LogP contribution in [-0.4, -0.2) is 68.1 Å². The highest BCUT2D eigenvalue weighted by atomic mass is 16.5. The monoisotopic (exact) mass is 571 g/mol. The predicted octanol–water partition coefficient (Wildman–Crippen LogP) is 5.83. The van der Waals surface area contributed by atoms with Gasteiger partial charge in [-0.2, -0.15) is 0 Å². The second-order valence-corrected chi connectivity index (χ2v) is 12.9. The molecule has 6 nitrogen and oxygen atoms in total. The molecule has 1 unspecified atom stereocenters. The van der Waals surface area contributed by atoms with Crippen molar-refractivity contribution in [2.24, 2.45) is 11.8 Å². The molecule has 2 aliphatic heterocycles. The number of hydrogen-bond acceptors (Lipinski definition) is 5. The number of allylic oxidation sites excluding steroid dienone is 3. The first-order valence-corrected chi connectivity index (χ1v) is 16.2. The number of benzene rings is 1. The highest BCUT2D eigenvalue weighted by Gasteiger charge is 2.31. The van der Waals surface area contributed by atoms with Crippen LogP contribution in [0.5, 0.6) is 0 Å². The van der Waals surface area contributed by atoms with Crippen LogP contribution < -0.4 is 10.2 Å². The van der Waals surface area contributed by atoms with Gasteiger partial charge in [0.25, 0.3) is 5.91 Å². The maximum atomic E-state index is 13.8. The van der Waals surface area contributed by atoms with E-state index < -0.39 is 0 Å². The van der Waals surface area contributed by atoms with Crippen molar-refractivity contribution in [1.82, 2.24) is 10.2 Å². The Labute approximate surface area is 252 Å². The molecular weight excluding hydrogens is 522 g/mol. The smallest absolute Gasteiger partial charge is 0.251 e. The average Bonchev–Trinajstić information content (AvgIpc) is 3.84. The first-order chi connectivity index (χ1) is 20.2. The van der Waals surface area contributed by atoms with Crippen LogP contribution in [0.4, 0.5) is 5.69 Å². The molecule has 6 heteroatoms. The number of hydrogen-bond donors (Lipinski definition) is 1. The molecule has 3 fully saturated rings. The molecule has 0 radical (unpaired) electrons. The van der Waals surface area contributed by atoms with E-state index in [2.05, 4.69) is 59.9 Å². The van der Waals surface area contributed by atoms with Crippen molar-refractivity contribution < 1.29 is 14.3 Å². The summed E-state index contributed by atoms with van der Waals surface area (Å²) in [6, 6.07) is 5.34. The zero-order valence-corrected chi connectivity index (χ0v) is 26.4. The quantitative estimate of drug-likeness (QED) is 0.418. The van der Waals surface area contributed by atoms with Gasteiger partial charge in [-0.3, -0.25) is 9.59 Å². The molecule has 0 spiro atoms. The molecule has 0 aromatic heterocycles. The van der Waals surface area contributed by atoms with Crippen molar-refractivity contribution in [3.63, 3.8) is 0 Å². The number of carbonyl (C=O) groups excluding carboxylic acids is 2. The first-order valence-electron chi connectivity index (χ1n) is 16.2. The number of rotatable bonds is 7. The number of carbonyl (C=O) groups is 2. The lowest BCUT2D eigenvalue weighted by atomic mass is 9.95. The highest BCUT2D eigenvalue weighted by Crippen LogP contribution is 2.32. The third-order valence-corrected chi connectivity index (χ3v) is 9.87. The Morgan fingerprint density at radius 1 is 1.07 bits per heavy atom. The summed E-state index contributed by atoms with van der Waals surface area (Å²) in [6.07, 6.45) is 9.48. The van der Waals surface area contributed by atoms with Crippen LogP contribution in [0.15, 0.2) is 34.9 Å². The van der Waals surface area contributed by atoms with Gasteiger partial charge in [-0.25, -0.2) is 0 Å². The lowest BCUT2D eigenvalue weighted by Crippen LogP contribution is -2.40. The molecule has 42 heavy (non-hydrogen) atoms. The number of Topliss-reactive ketones (excluding diaryl/α,β-unsaturated/α-hetero) is 1. The van der Waals surface area contributed by atoms with Crippen LogP contribution in [0.3, 0.4) is 0 Å². The maximum Gasteiger partial charge on any atom is 0.251 e. The first kappa shape index (κ1) is 30.6. The van der Waals surface area contributed by atoms with Gasteiger partial charge < -0.3 is 19.9 Å². The number of anilines is 1. The summed E-state index contributed by atoms with van der Waals surface area (Å²) in [5.41, 5.74) is 6.44. The van der Waals surface area contributed by atoms with Crippen molar-refractivity contribution >= 4 is 17.4 Å². The van der Waals surface area contributed by atoms with Crippen LogP contribution in [0, 0.1) is 30.6 Å². The molecule has 4 aliphatic rings. The Morgan fingerprint density at radius 2 is 1.79 bits per heavy atom. The molecule has 1 aromatic rings. The largest absolute Gasteiger partial charge is 0.381 e. The van der Waals surface area contributed by atoms with Gasteiger partial charge in [0.05, 0.1) is 0 Å². The minimum Gasteiger partial charge on any atom is -0.381 e. The Kier molecular flexibility index (Phi) is 9.91. The van der Waals surface area contributed by atoms with Crippen molar-refractivity contribution in [2.75, 3.05) is 44.3 Å². The van der Waals surface area contributed by atoms with Crippen molar-refractivity contribution in [3.05, 3.63) is 51.6 Å². The topological polar surface area (TPSA) is 61.9 Å². The molecule has 2 saturated heterocycles. The van der Waals surface area contributed by atoms with Gasteiger partial charge in [-0.05, 0) is 108 Å². The molecule has 1 N–H and O–H groups in total. The van der Waals surface area contributed by atoms with E-state index in [4.69, 9.17) is 4.74 Å². The molecule has 5 rings (SSSR count). The van der Waals surface area contributed by atoms with Gasteiger partial charge in [0.1, 0.15) is 0 Å². The molecule has 2 heterocycles. The van der Waals surface area contributed by atoms with Gasteiger partial charge >= 0.3 is 0 Å². The molecule has 1 atom stereocenters. The second-order valence-electron chi connectivity index (χ2n) is 12.9. The maximum absolute atomic E-state index is 13.8. The minimum absolute atomic E-state index is 0.120. The van der Waals surface area contributed by atoms with E-state index in [-0.39, 0.29) is 24.2 Å². The van der Waals surface area contributed by atoms with Gasteiger partial charge in [-0.15, -0.1) is 0 Å². The summed E-state index contributed by atoms with van der Waals surface area (Å²) in [5, 5.41) is 3.11. The van der Waals surface area contributed by atoms with Crippen LogP contribution in [0.25, 0.3) is 0 Å². The van der Waals surface area contributed by atoms with Crippen LogP contribution in [0.2, 0.25) is 0 Å². The zero-order chi connectivity index (χ0) is 29.8. The Morgan fingerprint density at radius 3 is 2.45 bits per heavy atom. The third-order valence-electron chi connectivity index (χ3n) is 9.87. The SMILES string of the molecule is CCN(c1cc(C#CC2CCN(C3CC3)CC2)cc(C(=O)NCC2=C(C)C=C(C)C(C)CC2=O)c1C)C1CCOCC1. The summed E-state index contributed by atoms with van der Waals surface area (Å²) in [6.45, 7) is 15.3. The summed E-state index contributed by atoms with van der Waals surface area (Å²) < 4.78 is 5.65. The van der Waals surface area contributed by atoms with Crippen molar-refractivity contribution in [3.8, 4) is 11.8 Å². The van der Waals surface area contributed by atoms with Crippen LogP contribution >= 0.6 is 0 Å². The fraction of sp³-hybridized carbons (Fsp3) is 0.611. The number of nitrogens with zero attached hydrogens (tertiary/aromatic N) is 2. The number of ketones is 1. The van der Waals surface area contributed by atoms with E-state index in [0.29, 0.717) is 29.5 Å². The average molecular weight is 572 g/mol. The highest BCUT2D eigenvalue weighted by molar-refractivity contribution is 6.01. The number of nitrogens with one attached hydrogen (secondary N) is 1. The summed E-state index contributed by atoms with van der Waals surface area (Å²) in [4.78, 5) is 31.9. The van der Waals surface area contributed by atoms with Crippen LogP contribution in [-0.2, 0) is 9.53 Å². The third kappa shape index (κ3) is 7.18. The van der Waals surface area contributed by atoms with Gasteiger partial charge in [0.15, 0.2) is 5.78 Å². The number of piperidine rings is 1. The lowest BCUT2D eigenvalue weighted by molar-refractivity contribution is -0.116. The Balaban J connectivity index is 1.40. The molecule has 1 saturated carbocycles. The normalized spacial score (nSPS) is 22.7. The summed E-state index contributed by atoms with van der Waals surface area (Å²) in [5.74, 6) is 7.64. The lowest BCUT2D eigenvalue weighted by Gasteiger charge is -2.36. The second kappa shape index (κ2) is 13.6. The predicted molar refractivity (Wildman–Crippen MR) is 170 cm³/mol. The molecule has 1 aromatic carbocycles. The summed E-state index contributed by atoms with van der Waals surface area (Å²) >= 11 is 0. The fourth-order valence-corrected chi connectivity index (χ4v) is 6.82. The van der Waals surface area contributed by atoms with E-state index in [1.54, 1.807) is 0 Å². The number of ether oxygens (including phenoxy) is 1. The molecular formula is C36H49N3O3. The summed E-state index contributed by atoms with van der Waals surface area (Å²) in [7, 11) is 0. The molecule has 0 bridgehead atoms. The fourth-order valence-electron chi connectivity index (χ4n) is 6.82. The minimum atomic E-state index is -0.149. The molecule has 1 amide bonds. The van der Waals surface area contributed by atoms with Crippen LogP contribution in [0.1, 0.15) is 94.1 Å². The van der Waals surface area contributed by atoms with Gasteiger partial charge in [0.2, 0.25) is 0 Å². The standard InChI is InChI=1S/C36H49N3O3/c1-6-39(31-13-17-42-18-14-31)34-22-29(8-7-28-11-15-38(16-12-28)30-9-10-30)21-32(27(34)5)36(41)37-23-33-26(4)19-24(2)25(3)20-35(33)40/h19,21-22,25,28,30-31H,6,9-18,20,23H2,1-5H3,(H,37,41). The van der Waals surface area contributed by atoms with E-state index >= 15 is 0 Å². The molecule has 226 valence electrons. The number of amides is 1. The van der Waals surface area contributed by atoms with Crippen molar-refractivity contribution in [2.45, 2.75) is 91.6 Å². The van der Waals surface area contributed by atoms with E-state index in [0.717, 1.165) is 87.0 Å².